The number of aromatic nitrogens is 5. The molecule has 0 aliphatic carbocycles. The number of carbonyl (C=O) groups is 2. The van der Waals surface area contributed by atoms with Crippen LogP contribution in [0.25, 0.3) is 5.76 Å². The molecule has 1 atom stereocenters. The number of nitrogens with zero attached hydrogens (tertiary/aromatic N) is 6. The Labute approximate surface area is 151 Å². The molecule has 3 aromatic heterocycles. The molecule has 1 saturated heterocycles. The second kappa shape index (κ2) is 6.15. The highest BCUT2D eigenvalue weighted by Crippen LogP contribution is 2.42. The quantitative estimate of drug-likeness (QED) is 0.421. The lowest BCUT2D eigenvalue weighted by atomic mass is 9.98. The third-order valence-electron chi connectivity index (χ3n) is 3.97. The molecule has 1 unspecified atom stereocenters. The van der Waals surface area contributed by atoms with Gasteiger partial charge in [-0.05, 0) is 12.1 Å². The largest absolute Gasteiger partial charge is 0.507 e. The van der Waals surface area contributed by atoms with E-state index in [1.54, 1.807) is 42.5 Å². The normalized spacial score (nSPS) is 19.3. The van der Waals surface area contributed by atoms with E-state index in [1.807, 2.05) is 0 Å². The van der Waals surface area contributed by atoms with Gasteiger partial charge in [-0.15, -0.1) is 10.2 Å². The van der Waals surface area contributed by atoms with Crippen molar-refractivity contribution < 1.29 is 14.7 Å². The fraction of sp³-hybridized carbons (Fsp3) is 0.125. The number of aliphatic hydroxyl groups excluding tert-OH is 1. The number of pyridine rings is 1. The highest BCUT2D eigenvalue weighted by molar-refractivity contribution is 7.13. The van der Waals surface area contributed by atoms with Crippen molar-refractivity contribution in [1.29, 1.82) is 0 Å². The number of rotatable bonds is 3. The van der Waals surface area contributed by atoms with Crippen LogP contribution < -0.4 is 4.90 Å². The molecule has 10 heteroatoms. The zero-order valence-electron chi connectivity index (χ0n) is 13.5. The minimum atomic E-state index is -0.850. The number of ketones is 1. The summed E-state index contributed by atoms with van der Waals surface area (Å²) < 4.78 is 1.56. The monoisotopic (exact) mass is 368 g/mol. The molecule has 4 rings (SSSR count). The van der Waals surface area contributed by atoms with Crippen LogP contribution in [0.15, 0.2) is 48.0 Å². The first-order valence-corrected chi connectivity index (χ1v) is 8.42. The first-order valence-electron chi connectivity index (χ1n) is 7.54. The van der Waals surface area contributed by atoms with E-state index in [0.717, 1.165) is 11.3 Å². The summed E-state index contributed by atoms with van der Waals surface area (Å²) in [5, 5.41) is 22.8. The third kappa shape index (κ3) is 2.47. The van der Waals surface area contributed by atoms with Gasteiger partial charge >= 0.3 is 5.91 Å². The molecule has 26 heavy (non-hydrogen) atoms. The van der Waals surface area contributed by atoms with Crippen molar-refractivity contribution in [2.45, 2.75) is 6.04 Å². The van der Waals surface area contributed by atoms with Crippen LogP contribution in [0.4, 0.5) is 5.13 Å². The van der Waals surface area contributed by atoms with Crippen LogP contribution in [-0.4, -0.2) is 41.8 Å². The van der Waals surface area contributed by atoms with Gasteiger partial charge in [-0.1, -0.05) is 11.3 Å². The fourth-order valence-corrected chi connectivity index (χ4v) is 3.44. The van der Waals surface area contributed by atoms with E-state index in [1.165, 1.54) is 16.6 Å². The Kier molecular flexibility index (Phi) is 3.81. The van der Waals surface area contributed by atoms with E-state index < -0.39 is 17.7 Å². The summed E-state index contributed by atoms with van der Waals surface area (Å²) in [6, 6.07) is 2.40. The first kappa shape index (κ1) is 16.1. The predicted molar refractivity (Wildman–Crippen MR) is 92.1 cm³/mol. The molecule has 0 spiro atoms. The zero-order valence-corrected chi connectivity index (χ0v) is 14.3. The summed E-state index contributed by atoms with van der Waals surface area (Å²) in [7, 11) is 1.72. The minimum Gasteiger partial charge on any atom is -0.507 e. The standard InChI is InChI=1S/C16H12N6O3S/c1-21-7-10(6-19-21)12-11(13(23)9-3-2-4-17-5-9)14(24)15(25)22(12)16-20-18-8-26-16/h2-8,12,23H,1H3/b13-11+. The van der Waals surface area contributed by atoms with E-state index >= 15 is 0 Å². The average Bonchev–Trinajstić information content (AvgIpc) is 3.37. The Morgan fingerprint density at radius 1 is 1.31 bits per heavy atom. The van der Waals surface area contributed by atoms with E-state index in [4.69, 9.17) is 0 Å². The number of hydrogen-bond acceptors (Lipinski definition) is 8. The number of aryl methyl sites for hydroxylation is 1. The number of carbonyl (C=O) groups excluding carboxylic acids is 2. The van der Waals surface area contributed by atoms with Gasteiger partial charge in [-0.3, -0.25) is 24.2 Å². The first-order chi connectivity index (χ1) is 12.6. The van der Waals surface area contributed by atoms with E-state index in [-0.39, 0.29) is 16.5 Å². The van der Waals surface area contributed by atoms with Crippen LogP contribution >= 0.6 is 11.3 Å². The average molecular weight is 368 g/mol. The highest BCUT2D eigenvalue weighted by atomic mass is 32.1. The van der Waals surface area contributed by atoms with Crippen LogP contribution in [0.5, 0.6) is 0 Å². The van der Waals surface area contributed by atoms with Crippen molar-refractivity contribution in [3.8, 4) is 0 Å². The molecule has 1 aliphatic heterocycles. The number of Topliss-reactive ketones (excluding diaryl/α,β-unsaturated/α-hetero) is 1. The molecular weight excluding hydrogens is 356 g/mol. The molecule has 0 radical (unpaired) electrons. The molecule has 0 bridgehead atoms. The molecule has 3 aromatic rings. The second-order valence-electron chi connectivity index (χ2n) is 5.58. The topological polar surface area (TPSA) is 114 Å². The van der Waals surface area contributed by atoms with Gasteiger partial charge in [0.25, 0.3) is 5.78 Å². The minimum absolute atomic E-state index is 0.0359. The van der Waals surface area contributed by atoms with Gasteiger partial charge in [0.2, 0.25) is 5.13 Å². The summed E-state index contributed by atoms with van der Waals surface area (Å²) >= 11 is 1.13. The Hall–Kier alpha value is -3.40. The summed E-state index contributed by atoms with van der Waals surface area (Å²) in [5.41, 5.74) is 2.35. The maximum Gasteiger partial charge on any atom is 0.301 e. The van der Waals surface area contributed by atoms with Crippen molar-refractivity contribution in [2.75, 3.05) is 4.90 Å². The number of anilines is 1. The molecule has 130 valence electrons. The molecule has 1 amide bonds. The van der Waals surface area contributed by atoms with Crippen molar-refractivity contribution in [3.63, 3.8) is 0 Å². The summed E-state index contributed by atoms with van der Waals surface area (Å²) in [6.45, 7) is 0. The Morgan fingerprint density at radius 2 is 2.15 bits per heavy atom. The zero-order chi connectivity index (χ0) is 18.3. The van der Waals surface area contributed by atoms with Gasteiger partial charge in [-0.25, -0.2) is 0 Å². The van der Waals surface area contributed by atoms with E-state index in [0.29, 0.717) is 11.1 Å². The van der Waals surface area contributed by atoms with Gasteiger partial charge in [-0.2, -0.15) is 5.10 Å². The Bertz CT molecular complexity index is 1010. The fourth-order valence-electron chi connectivity index (χ4n) is 2.86. The van der Waals surface area contributed by atoms with Crippen LogP contribution in [0.3, 0.4) is 0 Å². The summed E-state index contributed by atoms with van der Waals surface area (Å²) in [5.74, 6) is -1.87. The molecule has 1 fully saturated rings. The lowest BCUT2D eigenvalue weighted by Crippen LogP contribution is -2.29. The van der Waals surface area contributed by atoms with Crippen LogP contribution in [0, 0.1) is 0 Å². The molecular formula is C16H12N6O3S. The Balaban J connectivity index is 1.94. The van der Waals surface area contributed by atoms with Crippen LogP contribution in [0.1, 0.15) is 17.2 Å². The molecule has 0 saturated carbocycles. The summed E-state index contributed by atoms with van der Waals surface area (Å²) in [6.07, 6.45) is 6.20. The van der Waals surface area contributed by atoms with Gasteiger partial charge in [0.1, 0.15) is 17.3 Å². The highest BCUT2D eigenvalue weighted by Gasteiger charge is 2.48. The van der Waals surface area contributed by atoms with Crippen molar-refractivity contribution >= 4 is 33.9 Å². The SMILES string of the molecule is Cn1cc(C2/C(=C(\O)c3cccnc3)C(=O)C(=O)N2c2nncs2)cn1. The molecule has 0 aromatic carbocycles. The van der Waals surface area contributed by atoms with Crippen LogP contribution in [-0.2, 0) is 16.6 Å². The van der Waals surface area contributed by atoms with Crippen molar-refractivity contribution in [3.05, 3.63) is 59.1 Å². The van der Waals surface area contributed by atoms with Crippen molar-refractivity contribution in [1.82, 2.24) is 25.0 Å². The molecule has 1 aliphatic rings. The predicted octanol–water partition coefficient (Wildman–Crippen LogP) is 1.29. The lowest BCUT2D eigenvalue weighted by Gasteiger charge is -2.20. The lowest BCUT2D eigenvalue weighted by molar-refractivity contribution is -0.132. The van der Waals surface area contributed by atoms with Crippen LogP contribution in [0.2, 0.25) is 0 Å². The van der Waals surface area contributed by atoms with E-state index in [2.05, 4.69) is 20.3 Å². The smallest absolute Gasteiger partial charge is 0.301 e. The Morgan fingerprint density at radius 3 is 2.77 bits per heavy atom. The second-order valence-corrected chi connectivity index (χ2v) is 6.39. The van der Waals surface area contributed by atoms with Gasteiger partial charge < -0.3 is 5.11 Å². The third-order valence-corrected chi connectivity index (χ3v) is 4.66. The maximum absolute atomic E-state index is 12.7. The molecule has 1 N–H and O–H groups in total. The van der Waals surface area contributed by atoms with Gasteiger partial charge in [0, 0.05) is 36.8 Å². The molecule has 4 heterocycles. The number of amides is 1. The van der Waals surface area contributed by atoms with Gasteiger partial charge in [0.15, 0.2) is 0 Å². The maximum atomic E-state index is 12.7. The summed E-state index contributed by atoms with van der Waals surface area (Å²) in [4.78, 5) is 30.6. The van der Waals surface area contributed by atoms with Gasteiger partial charge in [0.05, 0.1) is 11.8 Å². The molecule has 9 nitrogen and oxygen atoms in total. The number of aliphatic hydroxyl groups is 1. The number of hydrogen-bond donors (Lipinski definition) is 1. The van der Waals surface area contributed by atoms with E-state index in [9.17, 15) is 14.7 Å². The van der Waals surface area contributed by atoms with Crippen molar-refractivity contribution in [2.24, 2.45) is 7.05 Å².